The van der Waals surface area contributed by atoms with E-state index in [4.69, 9.17) is 19.7 Å². The van der Waals surface area contributed by atoms with Crippen molar-refractivity contribution in [1.82, 2.24) is 0 Å². The first-order valence-electron chi connectivity index (χ1n) is 7.18. The lowest BCUT2D eigenvalue weighted by Gasteiger charge is -2.20. The first-order chi connectivity index (χ1) is 9.54. The van der Waals surface area contributed by atoms with E-state index < -0.39 is 12.1 Å². The summed E-state index contributed by atoms with van der Waals surface area (Å²) in [6.45, 7) is 4.31. The van der Waals surface area contributed by atoms with Gasteiger partial charge in [-0.3, -0.25) is 9.59 Å². The summed E-state index contributed by atoms with van der Waals surface area (Å²) in [4.78, 5) is 20.8. The summed E-state index contributed by atoms with van der Waals surface area (Å²) in [6.07, 6.45) is 3.45. The van der Waals surface area contributed by atoms with Crippen LogP contribution in [0.1, 0.15) is 52.4 Å². The minimum absolute atomic E-state index is 0.110. The maximum Gasteiger partial charge on any atom is 0.306 e. The van der Waals surface area contributed by atoms with Gasteiger partial charge in [0.2, 0.25) is 0 Å². The van der Waals surface area contributed by atoms with Gasteiger partial charge >= 0.3 is 11.9 Å². The summed E-state index contributed by atoms with van der Waals surface area (Å²) in [5, 5.41) is 17.0. The third-order valence-electron chi connectivity index (χ3n) is 2.76. The lowest BCUT2D eigenvalue weighted by Crippen LogP contribution is -2.34. The predicted molar refractivity (Wildman–Crippen MR) is 73.4 cm³/mol. The van der Waals surface area contributed by atoms with Gasteiger partial charge in [0.15, 0.2) is 6.10 Å². The molecule has 1 rings (SSSR count). The molecular formula is C14H26O6. The Kier molecular flexibility index (Phi) is 11.0. The number of hydrogen-bond donors (Lipinski definition) is 2. The molecule has 0 unspecified atom stereocenters. The molecule has 2 atom stereocenters. The molecule has 0 spiro atoms. The van der Waals surface area contributed by atoms with E-state index in [1.54, 1.807) is 0 Å². The van der Waals surface area contributed by atoms with Crippen LogP contribution in [0.25, 0.3) is 0 Å². The molecule has 2 N–H and O–H groups in total. The lowest BCUT2D eigenvalue weighted by atomic mass is 10.1. The van der Waals surface area contributed by atoms with Crippen LogP contribution < -0.4 is 0 Å². The molecule has 6 heteroatoms. The molecule has 0 saturated carbocycles. The molecule has 0 amide bonds. The number of carbonyl (C=O) groups is 2. The fourth-order valence-electron chi connectivity index (χ4n) is 1.77. The van der Waals surface area contributed by atoms with E-state index in [0.29, 0.717) is 19.4 Å². The van der Waals surface area contributed by atoms with Crippen LogP contribution in [0.4, 0.5) is 0 Å². The molecule has 118 valence electrons. The van der Waals surface area contributed by atoms with Gasteiger partial charge in [0.1, 0.15) is 0 Å². The second kappa shape index (κ2) is 11.7. The summed E-state index contributed by atoms with van der Waals surface area (Å²) in [5.41, 5.74) is 0. The number of aliphatic carboxylic acids is 1. The van der Waals surface area contributed by atoms with Gasteiger partial charge in [0.05, 0.1) is 12.7 Å². The van der Waals surface area contributed by atoms with Crippen LogP contribution in [-0.2, 0) is 19.1 Å². The number of ether oxygens (including phenoxy) is 2. The molecule has 1 aliphatic rings. The molecule has 20 heavy (non-hydrogen) atoms. The van der Waals surface area contributed by atoms with Gasteiger partial charge in [-0.2, -0.15) is 0 Å². The van der Waals surface area contributed by atoms with Crippen molar-refractivity contribution in [3.8, 4) is 0 Å². The van der Waals surface area contributed by atoms with Gasteiger partial charge in [-0.25, -0.2) is 0 Å². The highest BCUT2D eigenvalue weighted by Gasteiger charge is 2.28. The molecule has 1 heterocycles. The molecule has 6 nitrogen and oxygen atoms in total. The Morgan fingerprint density at radius 1 is 1.30 bits per heavy atom. The third kappa shape index (κ3) is 8.87. The smallest absolute Gasteiger partial charge is 0.306 e. The van der Waals surface area contributed by atoms with Crippen LogP contribution >= 0.6 is 0 Å². The number of carboxylic acids is 1. The van der Waals surface area contributed by atoms with E-state index in [1.807, 2.05) is 13.8 Å². The average Bonchev–Trinajstić information content (AvgIpc) is 2.90. The predicted octanol–water partition coefficient (Wildman–Crippen LogP) is 1.74. The average molecular weight is 290 g/mol. The molecule has 1 fully saturated rings. The van der Waals surface area contributed by atoms with Crippen LogP contribution in [0.5, 0.6) is 0 Å². The minimum Gasteiger partial charge on any atom is -0.481 e. The van der Waals surface area contributed by atoms with Crippen molar-refractivity contribution >= 4 is 11.9 Å². The fourth-order valence-corrected chi connectivity index (χ4v) is 1.77. The molecule has 0 aromatic rings. The van der Waals surface area contributed by atoms with E-state index in [-0.39, 0.29) is 18.7 Å². The van der Waals surface area contributed by atoms with E-state index in [9.17, 15) is 9.59 Å². The summed E-state index contributed by atoms with van der Waals surface area (Å²) in [7, 11) is 0. The van der Waals surface area contributed by atoms with E-state index in [0.717, 1.165) is 25.7 Å². The van der Waals surface area contributed by atoms with Crippen molar-refractivity contribution in [2.45, 2.75) is 64.6 Å². The Morgan fingerprint density at radius 3 is 2.30 bits per heavy atom. The summed E-state index contributed by atoms with van der Waals surface area (Å²) < 4.78 is 10.5. The second-order valence-electron chi connectivity index (χ2n) is 4.66. The van der Waals surface area contributed by atoms with E-state index in [1.165, 1.54) is 0 Å². The maximum absolute atomic E-state index is 11.2. The first kappa shape index (κ1) is 18.9. The molecule has 0 aromatic heterocycles. The molecular weight excluding hydrogens is 264 g/mol. The lowest BCUT2D eigenvalue weighted by molar-refractivity contribution is -0.158. The summed E-state index contributed by atoms with van der Waals surface area (Å²) in [6, 6.07) is 0. The highest BCUT2D eigenvalue weighted by Crippen LogP contribution is 2.18. The Bertz CT molecular complexity index is 273. The Morgan fingerprint density at radius 2 is 1.95 bits per heavy atom. The van der Waals surface area contributed by atoms with Gasteiger partial charge in [0.25, 0.3) is 0 Å². The molecule has 1 saturated heterocycles. The fraction of sp³-hybridized carbons (Fsp3) is 0.857. The van der Waals surface area contributed by atoms with Crippen LogP contribution in [0, 0.1) is 0 Å². The largest absolute Gasteiger partial charge is 0.481 e. The van der Waals surface area contributed by atoms with Crippen molar-refractivity contribution in [3.63, 3.8) is 0 Å². The van der Waals surface area contributed by atoms with Gasteiger partial charge in [-0.05, 0) is 25.7 Å². The van der Waals surface area contributed by atoms with Gasteiger partial charge in [0, 0.05) is 19.4 Å². The van der Waals surface area contributed by atoms with E-state index in [2.05, 4.69) is 0 Å². The monoisotopic (exact) mass is 290 g/mol. The molecule has 0 bridgehead atoms. The topological polar surface area (TPSA) is 93.1 Å². The number of aliphatic hydroxyl groups excluding tert-OH is 1. The minimum atomic E-state index is -0.711. The number of carboxylic acid groups (broad SMARTS) is 1. The maximum atomic E-state index is 11.2. The van der Waals surface area contributed by atoms with Crippen molar-refractivity contribution in [2.24, 2.45) is 0 Å². The standard InChI is InChI=1S/C10H18O4.C4H8O2/c1-2-4-10(12)14-9(7-11)8-5-3-6-13-8;1-2-3-4(5)6/h8-9,11H,2-7H2,1H3;2-3H2,1H3,(H,5,6)/t8-,9-;/m0./s1. The zero-order valence-corrected chi connectivity index (χ0v) is 12.3. The number of carbonyl (C=O) groups excluding carboxylic acids is 1. The third-order valence-corrected chi connectivity index (χ3v) is 2.76. The molecule has 0 aliphatic carbocycles. The van der Waals surface area contributed by atoms with Crippen LogP contribution in [0.3, 0.4) is 0 Å². The summed E-state index contributed by atoms with van der Waals surface area (Å²) >= 11 is 0. The second-order valence-corrected chi connectivity index (χ2v) is 4.66. The number of esters is 1. The van der Waals surface area contributed by atoms with E-state index >= 15 is 0 Å². The van der Waals surface area contributed by atoms with Crippen LogP contribution in [-0.4, -0.2) is 47.6 Å². The Hall–Kier alpha value is -1.14. The summed E-state index contributed by atoms with van der Waals surface area (Å²) in [5.74, 6) is -0.959. The van der Waals surface area contributed by atoms with Crippen molar-refractivity contribution in [3.05, 3.63) is 0 Å². The van der Waals surface area contributed by atoms with Gasteiger partial charge in [-0.1, -0.05) is 13.8 Å². The Labute approximate surface area is 120 Å². The van der Waals surface area contributed by atoms with Gasteiger partial charge < -0.3 is 19.7 Å². The zero-order chi connectivity index (χ0) is 15.4. The van der Waals surface area contributed by atoms with Crippen LogP contribution in [0.15, 0.2) is 0 Å². The number of rotatable bonds is 7. The number of hydrogen-bond acceptors (Lipinski definition) is 5. The number of aliphatic hydroxyl groups is 1. The van der Waals surface area contributed by atoms with Gasteiger partial charge in [-0.15, -0.1) is 0 Å². The molecule has 0 aromatic carbocycles. The normalized spacial score (nSPS) is 18.9. The van der Waals surface area contributed by atoms with Crippen molar-refractivity contribution in [2.75, 3.05) is 13.2 Å². The Balaban J connectivity index is 0.000000511. The highest BCUT2D eigenvalue weighted by atomic mass is 16.6. The quantitative estimate of drug-likeness (QED) is 0.694. The molecule has 0 radical (unpaired) electrons. The SMILES string of the molecule is CCCC(=O)O.CCCC(=O)O[C@@H](CO)[C@@H]1CCCO1. The molecule has 1 aliphatic heterocycles. The first-order valence-corrected chi connectivity index (χ1v) is 7.18. The highest BCUT2D eigenvalue weighted by molar-refractivity contribution is 5.69. The van der Waals surface area contributed by atoms with Crippen molar-refractivity contribution in [1.29, 1.82) is 0 Å². The van der Waals surface area contributed by atoms with Crippen LogP contribution in [0.2, 0.25) is 0 Å². The van der Waals surface area contributed by atoms with Crippen molar-refractivity contribution < 1.29 is 29.3 Å². The zero-order valence-electron chi connectivity index (χ0n) is 12.3.